The van der Waals surface area contributed by atoms with Crippen LogP contribution in [0.15, 0.2) is 48.6 Å². The average molecular weight is 510 g/mol. The highest BCUT2D eigenvalue weighted by Gasteiger charge is 2.39. The van der Waals surface area contributed by atoms with E-state index >= 15 is 0 Å². The maximum absolute atomic E-state index is 12.3. The Balaban J connectivity index is 1.11. The highest BCUT2D eigenvalue weighted by Crippen LogP contribution is 2.49. The van der Waals surface area contributed by atoms with Crippen LogP contribution in [0.3, 0.4) is 0 Å². The number of nitrogens with one attached hydrogen (secondary N) is 1. The van der Waals surface area contributed by atoms with Gasteiger partial charge in [-0.05, 0) is 29.9 Å². The summed E-state index contributed by atoms with van der Waals surface area (Å²) in [5, 5.41) is 11.6. The molecule has 1 aromatic rings. The van der Waals surface area contributed by atoms with Crippen molar-refractivity contribution in [2.24, 2.45) is 5.92 Å². The normalized spacial score (nSPS) is 19.4. The van der Waals surface area contributed by atoms with Gasteiger partial charge in [-0.3, -0.25) is 4.79 Å². The van der Waals surface area contributed by atoms with Crippen molar-refractivity contribution in [2.75, 3.05) is 13.2 Å². The third-order valence-corrected chi connectivity index (χ3v) is 7.88. The molecule has 1 amide bonds. The number of allylic oxidation sites excluding steroid dienone is 4. The lowest BCUT2D eigenvalue weighted by molar-refractivity contribution is -0.137. The van der Waals surface area contributed by atoms with Crippen molar-refractivity contribution in [1.82, 2.24) is 5.32 Å². The molecule has 1 aromatic carbocycles. The first-order valence-electron chi connectivity index (χ1n) is 14.7. The molecule has 204 valence electrons. The number of hydrogen-bond acceptors (Lipinski definition) is 3. The largest absolute Gasteiger partial charge is 0.481 e. The van der Waals surface area contributed by atoms with Gasteiger partial charge >= 0.3 is 12.1 Å². The maximum Gasteiger partial charge on any atom is 0.407 e. The van der Waals surface area contributed by atoms with Gasteiger partial charge in [-0.1, -0.05) is 126 Å². The van der Waals surface area contributed by atoms with Gasteiger partial charge in [-0.2, -0.15) is 0 Å². The van der Waals surface area contributed by atoms with Crippen LogP contribution in [0.5, 0.6) is 0 Å². The van der Waals surface area contributed by atoms with Crippen LogP contribution in [0.25, 0.3) is 0 Å². The molecule has 0 saturated carbocycles. The SMILES string of the molecule is O=C(O)CCCCCCCCCCCCCCCCNC(=O)OCC1c2ccccc2C2C=CC=CC21. The van der Waals surface area contributed by atoms with Gasteiger partial charge in [0.15, 0.2) is 0 Å². The first-order chi connectivity index (χ1) is 18.2. The van der Waals surface area contributed by atoms with E-state index in [4.69, 9.17) is 9.84 Å². The Labute approximate surface area is 223 Å². The molecule has 0 radical (unpaired) electrons. The van der Waals surface area contributed by atoms with Crippen molar-refractivity contribution in [3.63, 3.8) is 0 Å². The number of unbranched alkanes of at least 4 members (excludes halogenated alkanes) is 13. The zero-order valence-corrected chi connectivity index (χ0v) is 22.5. The van der Waals surface area contributed by atoms with Gasteiger partial charge in [0.2, 0.25) is 0 Å². The first-order valence-corrected chi connectivity index (χ1v) is 14.7. The van der Waals surface area contributed by atoms with Crippen molar-refractivity contribution < 1.29 is 19.4 Å². The van der Waals surface area contributed by atoms with Crippen LogP contribution >= 0.6 is 0 Å². The van der Waals surface area contributed by atoms with Crippen LogP contribution in [0.1, 0.15) is 119 Å². The van der Waals surface area contributed by atoms with E-state index in [0.717, 1.165) is 25.7 Å². The van der Waals surface area contributed by atoms with Gasteiger partial charge in [0.25, 0.3) is 0 Å². The molecule has 0 fully saturated rings. The van der Waals surface area contributed by atoms with E-state index in [1.165, 1.54) is 75.3 Å². The van der Waals surface area contributed by atoms with Crippen LogP contribution in [0.4, 0.5) is 4.79 Å². The van der Waals surface area contributed by atoms with Crippen molar-refractivity contribution in [1.29, 1.82) is 0 Å². The standard InChI is InChI=1S/C32H47NO4/c34-31(35)23-13-11-9-7-5-3-1-2-4-6-8-10-12-18-24-33-32(36)37-25-30-28-21-16-14-19-26(28)27-20-15-17-22-29(27)30/h14-17,19-22,26,28,30H,1-13,18,23-25H2,(H,33,36)(H,34,35). The summed E-state index contributed by atoms with van der Waals surface area (Å²) < 4.78 is 5.64. The predicted octanol–water partition coefficient (Wildman–Crippen LogP) is 8.27. The third-order valence-electron chi connectivity index (χ3n) is 7.88. The fourth-order valence-electron chi connectivity index (χ4n) is 5.81. The molecule has 0 spiro atoms. The van der Waals surface area contributed by atoms with E-state index in [2.05, 4.69) is 53.9 Å². The molecular formula is C32H47NO4. The summed E-state index contributed by atoms with van der Waals surface area (Å²) in [5.74, 6) is 0.318. The molecule has 3 atom stereocenters. The van der Waals surface area contributed by atoms with E-state index in [0.29, 0.717) is 31.4 Å². The zero-order chi connectivity index (χ0) is 26.1. The number of hydrogen-bond donors (Lipinski definition) is 2. The number of ether oxygens (including phenoxy) is 1. The number of alkyl carbamates (subject to hydrolysis) is 1. The molecule has 3 unspecified atom stereocenters. The van der Waals surface area contributed by atoms with Gasteiger partial charge in [0.1, 0.15) is 6.61 Å². The van der Waals surface area contributed by atoms with E-state index in [-0.39, 0.29) is 12.0 Å². The Morgan fingerprint density at radius 1 is 0.730 bits per heavy atom. The Bertz CT molecular complexity index is 877. The molecule has 0 heterocycles. The minimum absolute atomic E-state index is 0.226. The summed E-state index contributed by atoms with van der Waals surface area (Å²) >= 11 is 0. The second kappa shape index (κ2) is 17.0. The van der Waals surface area contributed by atoms with Crippen LogP contribution in [-0.4, -0.2) is 30.3 Å². The molecule has 0 aliphatic heterocycles. The molecule has 2 N–H and O–H groups in total. The topological polar surface area (TPSA) is 75.6 Å². The summed E-state index contributed by atoms with van der Waals surface area (Å²) in [6.07, 6.45) is 25.6. The number of rotatable bonds is 19. The van der Waals surface area contributed by atoms with E-state index in [1.54, 1.807) is 0 Å². The minimum Gasteiger partial charge on any atom is -0.481 e. The van der Waals surface area contributed by atoms with Crippen molar-refractivity contribution in [3.05, 3.63) is 59.7 Å². The minimum atomic E-state index is -0.675. The number of aliphatic carboxylic acids is 1. The van der Waals surface area contributed by atoms with Gasteiger partial charge in [0.05, 0.1) is 0 Å². The highest BCUT2D eigenvalue weighted by molar-refractivity contribution is 5.67. The number of carbonyl (C=O) groups excluding carboxylic acids is 1. The predicted molar refractivity (Wildman–Crippen MR) is 150 cm³/mol. The lowest BCUT2D eigenvalue weighted by Crippen LogP contribution is -2.28. The summed E-state index contributed by atoms with van der Waals surface area (Å²) in [5.41, 5.74) is 2.68. The number of amides is 1. The number of benzene rings is 1. The molecule has 0 bridgehead atoms. The Morgan fingerprint density at radius 2 is 1.27 bits per heavy atom. The maximum atomic E-state index is 12.3. The second-order valence-corrected chi connectivity index (χ2v) is 10.7. The van der Waals surface area contributed by atoms with Crippen LogP contribution in [0, 0.1) is 5.92 Å². The fraction of sp³-hybridized carbons (Fsp3) is 0.625. The van der Waals surface area contributed by atoms with E-state index in [9.17, 15) is 9.59 Å². The van der Waals surface area contributed by atoms with E-state index in [1.807, 2.05) is 0 Å². The van der Waals surface area contributed by atoms with Gasteiger partial charge < -0.3 is 15.2 Å². The average Bonchev–Trinajstić information content (AvgIpc) is 3.22. The molecular weight excluding hydrogens is 462 g/mol. The number of carbonyl (C=O) groups is 2. The van der Waals surface area contributed by atoms with Crippen molar-refractivity contribution in [3.8, 4) is 0 Å². The molecule has 2 aliphatic rings. The van der Waals surface area contributed by atoms with Gasteiger partial charge in [-0.15, -0.1) is 0 Å². The monoisotopic (exact) mass is 509 g/mol. The highest BCUT2D eigenvalue weighted by atomic mass is 16.5. The smallest absolute Gasteiger partial charge is 0.407 e. The Kier molecular flexibility index (Phi) is 13.4. The molecule has 2 aliphatic carbocycles. The molecule has 5 nitrogen and oxygen atoms in total. The molecule has 3 rings (SSSR count). The molecule has 0 saturated heterocycles. The summed E-state index contributed by atoms with van der Waals surface area (Å²) in [6.45, 7) is 1.11. The summed E-state index contributed by atoms with van der Waals surface area (Å²) in [7, 11) is 0. The molecule has 5 heteroatoms. The van der Waals surface area contributed by atoms with E-state index < -0.39 is 5.97 Å². The number of carboxylic acid groups (broad SMARTS) is 1. The van der Waals surface area contributed by atoms with Crippen LogP contribution < -0.4 is 5.32 Å². The van der Waals surface area contributed by atoms with Crippen LogP contribution in [-0.2, 0) is 9.53 Å². The molecule has 37 heavy (non-hydrogen) atoms. The number of carboxylic acids is 1. The first kappa shape index (κ1) is 29.0. The second-order valence-electron chi connectivity index (χ2n) is 10.7. The lowest BCUT2D eigenvalue weighted by atomic mass is 9.84. The summed E-state index contributed by atoms with van der Waals surface area (Å²) in [4.78, 5) is 22.7. The quantitative estimate of drug-likeness (QED) is 0.184. The third kappa shape index (κ3) is 10.4. The van der Waals surface area contributed by atoms with Crippen LogP contribution in [0.2, 0.25) is 0 Å². The lowest BCUT2D eigenvalue weighted by Gasteiger charge is -2.22. The van der Waals surface area contributed by atoms with Crippen molar-refractivity contribution >= 4 is 12.1 Å². The zero-order valence-electron chi connectivity index (χ0n) is 22.5. The van der Waals surface area contributed by atoms with Gasteiger partial charge in [0, 0.05) is 24.8 Å². The Morgan fingerprint density at radius 3 is 1.89 bits per heavy atom. The number of fused-ring (bicyclic) bond motifs is 3. The van der Waals surface area contributed by atoms with Crippen molar-refractivity contribution in [2.45, 2.75) is 108 Å². The molecule has 0 aromatic heterocycles. The fourth-order valence-corrected chi connectivity index (χ4v) is 5.81. The van der Waals surface area contributed by atoms with Gasteiger partial charge in [-0.25, -0.2) is 4.79 Å². The Hall–Kier alpha value is -2.56. The summed E-state index contributed by atoms with van der Waals surface area (Å²) in [6, 6.07) is 8.55.